The van der Waals surface area contributed by atoms with Crippen LogP contribution in [0.4, 0.5) is 0 Å². The van der Waals surface area contributed by atoms with Gasteiger partial charge in [0.1, 0.15) is 11.5 Å². The van der Waals surface area contributed by atoms with Crippen LogP contribution in [0.15, 0.2) is 18.2 Å². The average molecular weight is 336 g/mol. The molecule has 4 rings (SSSR count). The summed E-state index contributed by atoms with van der Waals surface area (Å²) < 4.78 is 5.47. The van der Waals surface area contributed by atoms with E-state index in [1.165, 1.54) is 11.1 Å². The van der Waals surface area contributed by atoms with Gasteiger partial charge in [0.2, 0.25) is 0 Å². The molecule has 1 unspecified atom stereocenters. The van der Waals surface area contributed by atoms with E-state index in [1.54, 1.807) is 7.11 Å². The lowest BCUT2D eigenvalue weighted by atomic mass is 9.49. The molecule has 1 aromatic carbocycles. The third-order valence-corrected chi connectivity index (χ3v) is 6.38. The first-order valence-electron chi connectivity index (χ1n) is 8.60. The van der Waals surface area contributed by atoms with E-state index in [-0.39, 0.29) is 17.8 Å². The quantitative estimate of drug-likeness (QED) is 0.901. The molecule has 3 aliphatic rings. The normalized spacial score (nSPS) is 34.9. The van der Waals surface area contributed by atoms with Crippen LogP contribution in [0, 0.1) is 11.8 Å². The van der Waals surface area contributed by atoms with Crippen LogP contribution >= 0.6 is 12.4 Å². The van der Waals surface area contributed by atoms with E-state index in [2.05, 4.69) is 30.4 Å². The van der Waals surface area contributed by atoms with Gasteiger partial charge in [0.05, 0.1) is 7.11 Å². The lowest BCUT2D eigenvalue weighted by Gasteiger charge is -2.58. The maximum absolute atomic E-state index is 12.5. The number of methoxy groups -OCH3 is 1. The molecule has 1 aromatic rings. The van der Waals surface area contributed by atoms with Crippen LogP contribution in [0.2, 0.25) is 0 Å². The molecule has 23 heavy (non-hydrogen) atoms. The van der Waals surface area contributed by atoms with Crippen LogP contribution in [0.25, 0.3) is 0 Å². The minimum atomic E-state index is 0. The number of Topliss-reactive ketones (excluding diaryl/α,β-unsaturated/α-hetero) is 1. The van der Waals surface area contributed by atoms with Crippen LogP contribution < -0.4 is 10.1 Å². The molecule has 0 aromatic heterocycles. The molecular weight excluding hydrogens is 310 g/mol. The Morgan fingerprint density at radius 1 is 1.35 bits per heavy atom. The summed E-state index contributed by atoms with van der Waals surface area (Å²) in [5.41, 5.74) is 2.87. The van der Waals surface area contributed by atoms with Crippen molar-refractivity contribution in [3.8, 4) is 5.75 Å². The highest BCUT2D eigenvalue weighted by Gasteiger charge is 2.56. The van der Waals surface area contributed by atoms with Gasteiger partial charge < -0.3 is 10.1 Å². The molecule has 4 heteroatoms. The summed E-state index contributed by atoms with van der Waals surface area (Å²) in [7, 11) is 1.73. The largest absolute Gasteiger partial charge is 0.497 e. The maximum Gasteiger partial charge on any atom is 0.134 e. The minimum Gasteiger partial charge on any atom is -0.497 e. The highest BCUT2D eigenvalue weighted by Crippen LogP contribution is 2.56. The minimum absolute atomic E-state index is 0. The van der Waals surface area contributed by atoms with E-state index in [9.17, 15) is 4.79 Å². The number of fused-ring (bicyclic) bond motifs is 1. The fraction of sp³-hybridized carbons (Fsp3) is 0.632. The summed E-state index contributed by atoms with van der Waals surface area (Å²) in [6.45, 7) is 3.27. The molecule has 126 valence electrons. The predicted octanol–water partition coefficient (Wildman–Crippen LogP) is 3.28. The van der Waals surface area contributed by atoms with Crippen LogP contribution in [-0.2, 0) is 16.6 Å². The molecule has 1 saturated heterocycles. The fourth-order valence-electron chi connectivity index (χ4n) is 5.56. The lowest BCUT2D eigenvalue weighted by molar-refractivity contribution is -0.128. The third-order valence-electron chi connectivity index (χ3n) is 6.38. The standard InChI is InChI=1S/C19H25NO2.ClH/c1-3-12-8-14(21)11-19-6-7-20-17(18(12)19)9-13-4-5-15(22-2)10-16(13)19;/h4-5,10,12,17-18,20H,3,6-9,11H2,1-2H3;1H/t12?,17-,18+,19-;/m1./s1. The summed E-state index contributed by atoms with van der Waals surface area (Å²) in [6, 6.07) is 7.03. The molecule has 0 amide bonds. The van der Waals surface area contributed by atoms with Gasteiger partial charge in [-0.2, -0.15) is 0 Å². The van der Waals surface area contributed by atoms with Crippen LogP contribution in [-0.4, -0.2) is 25.5 Å². The maximum atomic E-state index is 12.5. The number of rotatable bonds is 2. The van der Waals surface area contributed by atoms with Gasteiger partial charge in [0.25, 0.3) is 0 Å². The first-order valence-corrected chi connectivity index (χ1v) is 8.60. The topological polar surface area (TPSA) is 38.3 Å². The smallest absolute Gasteiger partial charge is 0.134 e. The lowest BCUT2D eigenvalue weighted by Crippen LogP contribution is -2.63. The molecular formula is C19H26ClNO2. The molecule has 4 atom stereocenters. The number of carbonyl (C=O) groups is 1. The summed E-state index contributed by atoms with van der Waals surface area (Å²) in [4.78, 5) is 12.5. The van der Waals surface area contributed by atoms with E-state index in [0.717, 1.165) is 44.4 Å². The first-order chi connectivity index (χ1) is 10.7. The predicted molar refractivity (Wildman–Crippen MR) is 93.5 cm³/mol. The van der Waals surface area contributed by atoms with Gasteiger partial charge in [-0.05, 0) is 54.5 Å². The molecule has 1 N–H and O–H groups in total. The van der Waals surface area contributed by atoms with Crippen molar-refractivity contribution in [3.63, 3.8) is 0 Å². The SMILES string of the molecule is CCC1CC(=O)C[C@]23CCN[C@H](Cc4ccc(OC)cc42)[C@H]13.Cl. The molecule has 1 heterocycles. The van der Waals surface area contributed by atoms with Gasteiger partial charge in [-0.3, -0.25) is 4.79 Å². The van der Waals surface area contributed by atoms with E-state index < -0.39 is 0 Å². The van der Waals surface area contributed by atoms with E-state index in [0.29, 0.717) is 23.7 Å². The van der Waals surface area contributed by atoms with E-state index >= 15 is 0 Å². The van der Waals surface area contributed by atoms with Gasteiger partial charge in [0.15, 0.2) is 0 Å². The van der Waals surface area contributed by atoms with Crippen molar-refractivity contribution in [3.05, 3.63) is 29.3 Å². The highest BCUT2D eigenvalue weighted by atomic mass is 35.5. The second kappa shape index (κ2) is 6.10. The number of ether oxygens (including phenoxy) is 1. The molecule has 0 spiro atoms. The number of ketones is 1. The van der Waals surface area contributed by atoms with Gasteiger partial charge in [-0.1, -0.05) is 19.4 Å². The number of benzene rings is 1. The molecule has 1 saturated carbocycles. The van der Waals surface area contributed by atoms with Crippen molar-refractivity contribution in [1.82, 2.24) is 5.32 Å². The zero-order chi connectivity index (χ0) is 15.3. The molecule has 3 nitrogen and oxygen atoms in total. The Hall–Kier alpha value is -1.06. The third kappa shape index (κ3) is 2.40. The van der Waals surface area contributed by atoms with Crippen molar-refractivity contribution in [2.45, 2.75) is 50.5 Å². The van der Waals surface area contributed by atoms with E-state index in [4.69, 9.17) is 4.74 Å². The second-order valence-electron chi connectivity index (χ2n) is 7.31. The van der Waals surface area contributed by atoms with Crippen molar-refractivity contribution >= 4 is 18.2 Å². The number of carbonyl (C=O) groups excluding carboxylic acids is 1. The second-order valence-corrected chi connectivity index (χ2v) is 7.31. The van der Waals surface area contributed by atoms with Crippen LogP contribution in [0.3, 0.4) is 0 Å². The molecule has 2 aliphatic carbocycles. The highest BCUT2D eigenvalue weighted by molar-refractivity contribution is 5.85. The average Bonchev–Trinajstić information content (AvgIpc) is 2.53. The number of piperidine rings is 1. The Morgan fingerprint density at radius 2 is 2.17 bits per heavy atom. The van der Waals surface area contributed by atoms with Crippen molar-refractivity contribution in [1.29, 1.82) is 0 Å². The van der Waals surface area contributed by atoms with Crippen LogP contribution in [0.5, 0.6) is 5.75 Å². The van der Waals surface area contributed by atoms with Crippen molar-refractivity contribution in [2.24, 2.45) is 11.8 Å². The molecule has 1 aliphatic heterocycles. The summed E-state index contributed by atoms with van der Waals surface area (Å²) in [6.07, 6.45) is 4.79. The van der Waals surface area contributed by atoms with Gasteiger partial charge in [-0.15, -0.1) is 12.4 Å². The van der Waals surface area contributed by atoms with Gasteiger partial charge in [-0.25, -0.2) is 0 Å². The molecule has 2 fully saturated rings. The summed E-state index contributed by atoms with van der Waals surface area (Å²) in [5, 5.41) is 3.75. The molecule has 2 bridgehead atoms. The number of halogens is 1. The fourth-order valence-corrected chi connectivity index (χ4v) is 5.56. The Balaban J connectivity index is 0.00000156. The van der Waals surface area contributed by atoms with Gasteiger partial charge in [0, 0.05) is 24.3 Å². The number of hydrogen-bond donors (Lipinski definition) is 1. The molecule has 0 radical (unpaired) electrons. The number of hydrogen-bond acceptors (Lipinski definition) is 3. The van der Waals surface area contributed by atoms with Crippen molar-refractivity contribution < 1.29 is 9.53 Å². The van der Waals surface area contributed by atoms with Gasteiger partial charge >= 0.3 is 0 Å². The zero-order valence-corrected chi connectivity index (χ0v) is 14.7. The van der Waals surface area contributed by atoms with E-state index in [1.807, 2.05) is 0 Å². The Labute approximate surface area is 144 Å². The monoisotopic (exact) mass is 335 g/mol. The Kier molecular flexibility index (Phi) is 4.45. The van der Waals surface area contributed by atoms with Crippen LogP contribution in [0.1, 0.15) is 43.7 Å². The number of nitrogens with one attached hydrogen (secondary N) is 1. The summed E-state index contributed by atoms with van der Waals surface area (Å²) in [5.74, 6) is 2.51. The Morgan fingerprint density at radius 3 is 2.91 bits per heavy atom. The first kappa shape index (κ1) is 16.8. The summed E-state index contributed by atoms with van der Waals surface area (Å²) >= 11 is 0. The van der Waals surface area contributed by atoms with Crippen molar-refractivity contribution in [2.75, 3.05) is 13.7 Å². The zero-order valence-electron chi connectivity index (χ0n) is 13.9. The Bertz CT molecular complexity index is 617.